The van der Waals surface area contributed by atoms with Gasteiger partial charge in [0.2, 0.25) is 0 Å². The van der Waals surface area contributed by atoms with Crippen LogP contribution in [-0.2, 0) is 13.3 Å². The third-order valence-electron chi connectivity index (χ3n) is 2.86. The SMILES string of the molecule is CCC[Si](OCC)(OCC)OC(C)[Si](C)(C)C. The Morgan fingerprint density at radius 1 is 0.941 bits per heavy atom. The van der Waals surface area contributed by atoms with Crippen LogP contribution in [0, 0.1) is 0 Å². The first kappa shape index (κ1) is 17.3. The summed E-state index contributed by atoms with van der Waals surface area (Å²) in [6.45, 7) is 16.7. The van der Waals surface area contributed by atoms with Crippen LogP contribution in [-0.4, -0.2) is 35.8 Å². The predicted molar refractivity (Wildman–Crippen MR) is 78.0 cm³/mol. The minimum Gasteiger partial charge on any atom is -0.374 e. The number of rotatable bonds is 9. The zero-order valence-electron chi connectivity index (χ0n) is 12.6. The van der Waals surface area contributed by atoms with Crippen LogP contribution < -0.4 is 0 Å². The Bertz CT molecular complexity index is 187. The minimum atomic E-state index is -2.43. The lowest BCUT2D eigenvalue weighted by Gasteiger charge is -2.35. The first-order valence-corrected chi connectivity index (χ1v) is 12.3. The molecule has 0 saturated carbocycles. The topological polar surface area (TPSA) is 27.7 Å². The molecule has 0 aromatic heterocycles. The second-order valence-electron chi connectivity index (χ2n) is 5.43. The molecule has 0 aromatic carbocycles. The quantitative estimate of drug-likeness (QED) is 0.602. The van der Waals surface area contributed by atoms with E-state index in [2.05, 4.69) is 33.5 Å². The van der Waals surface area contributed by atoms with Gasteiger partial charge in [-0.25, -0.2) is 0 Å². The Hall–Kier alpha value is 0.314. The second-order valence-corrected chi connectivity index (χ2v) is 13.6. The van der Waals surface area contributed by atoms with Crippen molar-refractivity contribution in [2.24, 2.45) is 0 Å². The molecule has 0 bridgehead atoms. The van der Waals surface area contributed by atoms with Crippen LogP contribution in [0.3, 0.4) is 0 Å². The van der Waals surface area contributed by atoms with E-state index in [0.29, 0.717) is 13.2 Å². The first-order valence-electron chi connectivity index (χ1n) is 6.77. The van der Waals surface area contributed by atoms with Crippen molar-refractivity contribution in [1.29, 1.82) is 0 Å². The Labute approximate surface area is 109 Å². The molecule has 1 atom stereocenters. The van der Waals surface area contributed by atoms with Crippen molar-refractivity contribution in [3.63, 3.8) is 0 Å². The van der Waals surface area contributed by atoms with Crippen molar-refractivity contribution in [3.05, 3.63) is 0 Å². The van der Waals surface area contributed by atoms with Crippen LogP contribution in [0.2, 0.25) is 25.7 Å². The average molecular weight is 279 g/mol. The van der Waals surface area contributed by atoms with Crippen molar-refractivity contribution in [2.45, 2.75) is 65.5 Å². The molecule has 0 aliphatic carbocycles. The third-order valence-corrected chi connectivity index (χ3v) is 8.94. The highest BCUT2D eigenvalue weighted by molar-refractivity contribution is 6.78. The van der Waals surface area contributed by atoms with Crippen molar-refractivity contribution in [2.75, 3.05) is 13.2 Å². The predicted octanol–water partition coefficient (Wildman–Crippen LogP) is 3.69. The van der Waals surface area contributed by atoms with Crippen LogP contribution in [0.25, 0.3) is 0 Å². The lowest BCUT2D eigenvalue weighted by atomic mass is 10.6. The van der Waals surface area contributed by atoms with Gasteiger partial charge in [0.05, 0.1) is 8.07 Å². The lowest BCUT2D eigenvalue weighted by molar-refractivity contribution is 0.0578. The minimum absolute atomic E-state index is 0.277. The molecular formula is C12H30O3Si2. The van der Waals surface area contributed by atoms with Gasteiger partial charge in [-0.05, 0) is 20.8 Å². The lowest BCUT2D eigenvalue weighted by Crippen LogP contribution is -2.53. The highest BCUT2D eigenvalue weighted by atomic mass is 28.4. The molecule has 0 saturated heterocycles. The Morgan fingerprint density at radius 3 is 1.71 bits per heavy atom. The van der Waals surface area contributed by atoms with Crippen LogP contribution >= 0.6 is 0 Å². The number of hydrogen-bond donors (Lipinski definition) is 0. The van der Waals surface area contributed by atoms with Gasteiger partial charge in [-0.15, -0.1) is 0 Å². The Kier molecular flexibility index (Phi) is 7.83. The molecule has 104 valence electrons. The van der Waals surface area contributed by atoms with Gasteiger partial charge in [-0.2, -0.15) is 0 Å². The molecule has 0 aliphatic rings. The molecule has 17 heavy (non-hydrogen) atoms. The van der Waals surface area contributed by atoms with E-state index in [1.165, 1.54) is 0 Å². The molecular weight excluding hydrogens is 248 g/mol. The van der Waals surface area contributed by atoms with Gasteiger partial charge in [0, 0.05) is 25.0 Å². The van der Waals surface area contributed by atoms with Gasteiger partial charge < -0.3 is 13.3 Å². The zero-order valence-corrected chi connectivity index (χ0v) is 14.6. The molecule has 0 fully saturated rings. The maximum absolute atomic E-state index is 6.28. The summed E-state index contributed by atoms with van der Waals surface area (Å²) in [4.78, 5) is 0. The van der Waals surface area contributed by atoms with Crippen LogP contribution in [0.15, 0.2) is 0 Å². The fraction of sp³-hybridized carbons (Fsp3) is 1.00. The van der Waals surface area contributed by atoms with Gasteiger partial charge in [-0.1, -0.05) is 33.0 Å². The van der Waals surface area contributed by atoms with E-state index in [1.807, 2.05) is 13.8 Å². The van der Waals surface area contributed by atoms with Crippen molar-refractivity contribution < 1.29 is 13.3 Å². The van der Waals surface area contributed by atoms with E-state index in [0.717, 1.165) is 12.5 Å². The van der Waals surface area contributed by atoms with E-state index < -0.39 is 16.9 Å². The molecule has 0 N–H and O–H groups in total. The fourth-order valence-corrected chi connectivity index (χ4v) is 6.11. The van der Waals surface area contributed by atoms with E-state index in [9.17, 15) is 0 Å². The number of hydrogen-bond acceptors (Lipinski definition) is 3. The molecule has 0 heterocycles. The van der Waals surface area contributed by atoms with E-state index in [-0.39, 0.29) is 5.73 Å². The van der Waals surface area contributed by atoms with Crippen molar-refractivity contribution in [3.8, 4) is 0 Å². The van der Waals surface area contributed by atoms with E-state index in [1.54, 1.807) is 0 Å². The summed E-state index contributed by atoms with van der Waals surface area (Å²) < 4.78 is 18.1. The summed E-state index contributed by atoms with van der Waals surface area (Å²) in [7, 11) is -3.74. The van der Waals surface area contributed by atoms with Crippen molar-refractivity contribution >= 4 is 16.9 Å². The third kappa shape index (κ3) is 6.15. The summed E-state index contributed by atoms with van der Waals surface area (Å²) >= 11 is 0. The molecule has 5 heteroatoms. The molecule has 3 nitrogen and oxygen atoms in total. The maximum Gasteiger partial charge on any atom is 0.500 e. The molecule has 0 rings (SSSR count). The Morgan fingerprint density at radius 2 is 1.41 bits per heavy atom. The second kappa shape index (κ2) is 7.68. The first-order chi connectivity index (χ1) is 7.81. The highest BCUT2D eigenvalue weighted by Crippen LogP contribution is 2.23. The normalized spacial score (nSPS) is 15.0. The summed E-state index contributed by atoms with van der Waals surface area (Å²) in [6.07, 6.45) is 1.05. The summed E-state index contributed by atoms with van der Waals surface area (Å²) in [5, 5.41) is 0. The maximum atomic E-state index is 6.28. The Balaban J connectivity index is 4.75. The average Bonchev–Trinajstić information content (AvgIpc) is 2.17. The molecule has 0 aromatic rings. The fourth-order valence-electron chi connectivity index (χ4n) is 1.51. The molecule has 1 unspecified atom stereocenters. The summed E-state index contributed by atoms with van der Waals surface area (Å²) in [5.41, 5.74) is 0.277. The van der Waals surface area contributed by atoms with Crippen LogP contribution in [0.5, 0.6) is 0 Å². The summed E-state index contributed by atoms with van der Waals surface area (Å²) in [6, 6.07) is 0.920. The summed E-state index contributed by atoms with van der Waals surface area (Å²) in [5.74, 6) is 0. The molecule has 0 aliphatic heterocycles. The van der Waals surface area contributed by atoms with Gasteiger partial charge in [0.25, 0.3) is 0 Å². The van der Waals surface area contributed by atoms with Gasteiger partial charge >= 0.3 is 8.80 Å². The van der Waals surface area contributed by atoms with Crippen LogP contribution in [0.4, 0.5) is 0 Å². The van der Waals surface area contributed by atoms with Crippen LogP contribution in [0.1, 0.15) is 34.1 Å². The molecule has 0 spiro atoms. The zero-order chi connectivity index (χ0) is 13.5. The van der Waals surface area contributed by atoms with E-state index in [4.69, 9.17) is 13.3 Å². The molecule has 0 amide bonds. The van der Waals surface area contributed by atoms with Gasteiger partial charge in [-0.3, -0.25) is 0 Å². The smallest absolute Gasteiger partial charge is 0.374 e. The highest BCUT2D eigenvalue weighted by Gasteiger charge is 2.43. The monoisotopic (exact) mass is 278 g/mol. The largest absolute Gasteiger partial charge is 0.500 e. The van der Waals surface area contributed by atoms with Gasteiger partial charge in [0.1, 0.15) is 0 Å². The molecule has 0 radical (unpaired) electrons. The van der Waals surface area contributed by atoms with Crippen molar-refractivity contribution in [1.82, 2.24) is 0 Å². The standard InChI is InChI=1S/C12H30O3Si2/c1-8-11-17(13-9-2,14-10-3)15-12(4)16(5,6)7/h12H,8-11H2,1-7H3. The van der Waals surface area contributed by atoms with E-state index >= 15 is 0 Å². The van der Waals surface area contributed by atoms with Gasteiger partial charge in [0.15, 0.2) is 0 Å².